The van der Waals surface area contributed by atoms with E-state index in [1.807, 2.05) is 31.2 Å². The number of rotatable bonds is 5. The molecule has 0 aliphatic heterocycles. The Kier molecular flexibility index (Phi) is 8.90. The van der Waals surface area contributed by atoms with E-state index in [1.165, 1.54) is 29.8 Å². The van der Waals surface area contributed by atoms with Crippen LogP contribution in [0.5, 0.6) is 0 Å². The lowest BCUT2D eigenvalue weighted by Gasteiger charge is -2.12. The number of carbonyl (C=O) groups is 1. The molecule has 0 aliphatic rings. The van der Waals surface area contributed by atoms with Gasteiger partial charge in [-0.2, -0.15) is 0 Å². The SMILES string of the molecule is CN=C(NCC(=O)Nc1ccc(F)cc1)NCc1ccc(C)cc1.I. The zero-order valence-corrected chi connectivity index (χ0v) is 16.5. The number of hydrogen-bond donors (Lipinski definition) is 3. The molecule has 5 nitrogen and oxygen atoms in total. The van der Waals surface area contributed by atoms with Crippen molar-refractivity contribution in [1.82, 2.24) is 10.6 Å². The summed E-state index contributed by atoms with van der Waals surface area (Å²) in [5.41, 5.74) is 2.88. The van der Waals surface area contributed by atoms with Crippen LogP contribution in [0.25, 0.3) is 0 Å². The van der Waals surface area contributed by atoms with Crippen LogP contribution in [-0.2, 0) is 11.3 Å². The van der Waals surface area contributed by atoms with Gasteiger partial charge < -0.3 is 16.0 Å². The van der Waals surface area contributed by atoms with Crippen molar-refractivity contribution >= 4 is 41.5 Å². The molecule has 0 atom stereocenters. The van der Waals surface area contributed by atoms with Gasteiger partial charge in [-0.25, -0.2) is 4.39 Å². The van der Waals surface area contributed by atoms with Gasteiger partial charge in [-0.1, -0.05) is 29.8 Å². The first-order valence-electron chi connectivity index (χ1n) is 7.62. The van der Waals surface area contributed by atoms with E-state index in [0.29, 0.717) is 18.2 Å². The molecule has 25 heavy (non-hydrogen) atoms. The number of halogens is 2. The topological polar surface area (TPSA) is 65.5 Å². The molecule has 0 saturated carbocycles. The number of aryl methyl sites for hydroxylation is 1. The second-order valence-electron chi connectivity index (χ2n) is 5.32. The Morgan fingerprint density at radius 2 is 1.68 bits per heavy atom. The summed E-state index contributed by atoms with van der Waals surface area (Å²) in [5.74, 6) is -0.0449. The largest absolute Gasteiger partial charge is 0.352 e. The molecule has 3 N–H and O–H groups in total. The Hall–Kier alpha value is -2.16. The van der Waals surface area contributed by atoms with Crippen LogP contribution in [-0.4, -0.2) is 25.5 Å². The summed E-state index contributed by atoms with van der Waals surface area (Å²) < 4.78 is 12.8. The Labute approximate surface area is 164 Å². The minimum atomic E-state index is -0.341. The number of anilines is 1. The predicted molar refractivity (Wildman–Crippen MR) is 110 cm³/mol. The van der Waals surface area contributed by atoms with Crippen molar-refractivity contribution in [2.45, 2.75) is 13.5 Å². The van der Waals surface area contributed by atoms with Gasteiger partial charge in [0, 0.05) is 19.3 Å². The van der Waals surface area contributed by atoms with E-state index >= 15 is 0 Å². The Morgan fingerprint density at radius 3 is 2.28 bits per heavy atom. The van der Waals surface area contributed by atoms with E-state index in [4.69, 9.17) is 0 Å². The average Bonchev–Trinajstić information content (AvgIpc) is 2.58. The quantitative estimate of drug-likeness (QED) is 0.368. The number of nitrogens with zero attached hydrogens (tertiary/aromatic N) is 1. The number of hydrogen-bond acceptors (Lipinski definition) is 2. The third-order valence-corrected chi connectivity index (χ3v) is 3.35. The summed E-state index contributed by atoms with van der Waals surface area (Å²) >= 11 is 0. The minimum absolute atomic E-state index is 0. The second kappa shape index (κ2) is 10.7. The molecule has 134 valence electrons. The van der Waals surface area contributed by atoms with Gasteiger partial charge in [0.05, 0.1) is 6.54 Å². The molecule has 0 aliphatic carbocycles. The maximum Gasteiger partial charge on any atom is 0.243 e. The minimum Gasteiger partial charge on any atom is -0.352 e. The van der Waals surface area contributed by atoms with Crippen LogP contribution in [0.4, 0.5) is 10.1 Å². The number of nitrogens with one attached hydrogen (secondary N) is 3. The monoisotopic (exact) mass is 456 g/mol. The van der Waals surface area contributed by atoms with Crippen molar-refractivity contribution in [1.29, 1.82) is 0 Å². The zero-order chi connectivity index (χ0) is 17.4. The van der Waals surface area contributed by atoms with Crippen LogP contribution in [0.15, 0.2) is 53.5 Å². The number of benzene rings is 2. The molecule has 0 aromatic heterocycles. The third-order valence-electron chi connectivity index (χ3n) is 3.35. The molecule has 0 saturated heterocycles. The van der Waals surface area contributed by atoms with E-state index < -0.39 is 0 Å². The summed E-state index contributed by atoms with van der Waals surface area (Å²) in [7, 11) is 1.64. The summed E-state index contributed by atoms with van der Waals surface area (Å²) in [6.45, 7) is 2.71. The fourth-order valence-corrected chi connectivity index (χ4v) is 2.01. The first-order chi connectivity index (χ1) is 11.6. The van der Waals surface area contributed by atoms with E-state index in [-0.39, 0.29) is 42.2 Å². The molecule has 2 aromatic carbocycles. The number of guanidine groups is 1. The second-order valence-corrected chi connectivity index (χ2v) is 5.32. The van der Waals surface area contributed by atoms with Crippen LogP contribution in [0.3, 0.4) is 0 Å². The van der Waals surface area contributed by atoms with Crippen molar-refractivity contribution in [3.63, 3.8) is 0 Å². The smallest absolute Gasteiger partial charge is 0.243 e. The lowest BCUT2D eigenvalue weighted by molar-refractivity contribution is -0.115. The molecule has 7 heteroatoms. The summed E-state index contributed by atoms with van der Waals surface area (Å²) in [5, 5.41) is 8.75. The van der Waals surface area contributed by atoms with Crippen molar-refractivity contribution in [3.8, 4) is 0 Å². The van der Waals surface area contributed by atoms with Gasteiger partial charge in [-0.3, -0.25) is 9.79 Å². The van der Waals surface area contributed by atoms with Gasteiger partial charge in [0.2, 0.25) is 5.91 Å². The van der Waals surface area contributed by atoms with Crippen LogP contribution in [0.2, 0.25) is 0 Å². The highest BCUT2D eigenvalue weighted by molar-refractivity contribution is 14.0. The molecule has 2 aromatic rings. The molecule has 2 rings (SSSR count). The lowest BCUT2D eigenvalue weighted by atomic mass is 10.1. The molecule has 0 heterocycles. The normalized spacial score (nSPS) is 10.6. The molecule has 0 radical (unpaired) electrons. The molecule has 0 fully saturated rings. The molecule has 0 spiro atoms. The summed E-state index contributed by atoms with van der Waals surface area (Å²) in [6.07, 6.45) is 0. The lowest BCUT2D eigenvalue weighted by Crippen LogP contribution is -2.41. The van der Waals surface area contributed by atoms with E-state index in [2.05, 4.69) is 20.9 Å². The van der Waals surface area contributed by atoms with Gasteiger partial charge in [0.15, 0.2) is 5.96 Å². The summed E-state index contributed by atoms with van der Waals surface area (Å²) in [6, 6.07) is 13.8. The van der Waals surface area contributed by atoms with Gasteiger partial charge >= 0.3 is 0 Å². The molecule has 0 bridgehead atoms. The Balaban J connectivity index is 0.00000312. The van der Waals surface area contributed by atoms with Gasteiger partial charge in [-0.15, -0.1) is 24.0 Å². The molecular formula is C18H22FIN4O. The van der Waals surface area contributed by atoms with Crippen molar-refractivity contribution < 1.29 is 9.18 Å². The van der Waals surface area contributed by atoms with E-state index in [9.17, 15) is 9.18 Å². The van der Waals surface area contributed by atoms with Crippen molar-refractivity contribution in [2.75, 3.05) is 18.9 Å². The highest BCUT2D eigenvalue weighted by atomic mass is 127. The maximum atomic E-state index is 12.8. The fourth-order valence-electron chi connectivity index (χ4n) is 2.01. The van der Waals surface area contributed by atoms with Gasteiger partial charge in [0.25, 0.3) is 0 Å². The Bertz CT molecular complexity index is 702. The highest BCUT2D eigenvalue weighted by Gasteiger charge is 2.04. The number of aliphatic imine (C=N–C) groups is 1. The molecule has 0 unspecified atom stereocenters. The number of carbonyl (C=O) groups excluding carboxylic acids is 1. The predicted octanol–water partition coefficient (Wildman–Crippen LogP) is 3.06. The zero-order valence-electron chi connectivity index (χ0n) is 14.2. The fraction of sp³-hybridized carbons (Fsp3) is 0.222. The molecular weight excluding hydrogens is 434 g/mol. The van der Waals surface area contributed by atoms with Crippen LogP contribution >= 0.6 is 24.0 Å². The summed E-state index contributed by atoms with van der Waals surface area (Å²) in [4.78, 5) is 16.0. The third kappa shape index (κ3) is 7.51. The van der Waals surface area contributed by atoms with E-state index in [1.54, 1.807) is 7.05 Å². The van der Waals surface area contributed by atoms with Gasteiger partial charge in [0.1, 0.15) is 5.82 Å². The van der Waals surface area contributed by atoms with Crippen LogP contribution in [0, 0.1) is 12.7 Å². The molecule has 1 amide bonds. The Morgan fingerprint density at radius 1 is 1.04 bits per heavy atom. The van der Waals surface area contributed by atoms with Crippen molar-refractivity contribution in [2.24, 2.45) is 4.99 Å². The first kappa shape index (κ1) is 20.9. The van der Waals surface area contributed by atoms with Crippen molar-refractivity contribution in [3.05, 3.63) is 65.5 Å². The first-order valence-corrected chi connectivity index (χ1v) is 7.62. The number of amides is 1. The van der Waals surface area contributed by atoms with E-state index in [0.717, 1.165) is 5.56 Å². The standard InChI is InChI=1S/C18H21FN4O.HI/c1-13-3-5-14(6-4-13)11-21-18(20-2)22-12-17(24)23-16-9-7-15(19)8-10-16;/h3-10H,11-12H2,1-2H3,(H,23,24)(H2,20,21,22);1H. The van der Waals surface area contributed by atoms with Crippen LogP contribution in [0.1, 0.15) is 11.1 Å². The average molecular weight is 456 g/mol. The van der Waals surface area contributed by atoms with Gasteiger partial charge in [-0.05, 0) is 36.8 Å². The maximum absolute atomic E-state index is 12.8. The van der Waals surface area contributed by atoms with Crippen LogP contribution < -0.4 is 16.0 Å². The highest BCUT2D eigenvalue weighted by Crippen LogP contribution is 2.07.